The molecule has 116 valence electrons. The molecule has 6 nitrogen and oxygen atoms in total. The highest BCUT2D eigenvalue weighted by atomic mass is 16.5. The first-order valence-electron chi connectivity index (χ1n) is 6.91. The molecule has 6 heteroatoms. The zero-order chi connectivity index (χ0) is 15.7. The van der Waals surface area contributed by atoms with E-state index in [1.807, 2.05) is 24.3 Å². The summed E-state index contributed by atoms with van der Waals surface area (Å²) in [6, 6.07) is 7.55. The molecule has 2 amide bonds. The summed E-state index contributed by atoms with van der Waals surface area (Å²) in [6.45, 7) is 6.17. The highest BCUT2D eigenvalue weighted by Gasteiger charge is 2.06. The van der Waals surface area contributed by atoms with Gasteiger partial charge in [0.05, 0.1) is 0 Å². The Kier molecular flexibility index (Phi) is 7.25. The van der Waals surface area contributed by atoms with E-state index in [1.54, 1.807) is 6.92 Å². The molecule has 0 heterocycles. The first kappa shape index (κ1) is 17.0. The molecule has 0 saturated heterocycles. The summed E-state index contributed by atoms with van der Waals surface area (Å²) in [4.78, 5) is 22.7. The van der Waals surface area contributed by atoms with Gasteiger partial charge in [-0.1, -0.05) is 26.0 Å². The van der Waals surface area contributed by atoms with Gasteiger partial charge in [-0.05, 0) is 30.5 Å². The maximum Gasteiger partial charge on any atom is 0.276 e. The van der Waals surface area contributed by atoms with Crippen LogP contribution in [0, 0.1) is 0 Å². The van der Waals surface area contributed by atoms with Crippen LogP contribution in [0.3, 0.4) is 0 Å². The lowest BCUT2D eigenvalue weighted by molar-refractivity contribution is -0.132. The van der Waals surface area contributed by atoms with Crippen molar-refractivity contribution in [3.05, 3.63) is 29.8 Å². The summed E-state index contributed by atoms with van der Waals surface area (Å²) in [5.41, 5.74) is 5.69. The van der Waals surface area contributed by atoms with E-state index in [4.69, 9.17) is 9.47 Å². The average Bonchev–Trinajstić information content (AvgIpc) is 2.49. The van der Waals surface area contributed by atoms with Gasteiger partial charge in [0.15, 0.2) is 6.61 Å². The molecule has 0 aliphatic rings. The summed E-state index contributed by atoms with van der Waals surface area (Å²) in [6.07, 6.45) is 0. The summed E-state index contributed by atoms with van der Waals surface area (Å²) < 4.78 is 10.2. The monoisotopic (exact) mass is 294 g/mol. The van der Waals surface area contributed by atoms with E-state index in [-0.39, 0.29) is 13.2 Å². The number of hydrogen-bond donors (Lipinski definition) is 2. The number of carbonyl (C=O) groups is 2. The van der Waals surface area contributed by atoms with Gasteiger partial charge in [-0.25, -0.2) is 0 Å². The normalized spacial score (nSPS) is 10.3. The lowest BCUT2D eigenvalue weighted by atomic mass is 10.0. The Hall–Kier alpha value is -2.08. The van der Waals surface area contributed by atoms with Crippen molar-refractivity contribution in [3.8, 4) is 5.75 Å². The van der Waals surface area contributed by atoms with Crippen LogP contribution in [0.1, 0.15) is 32.3 Å². The molecule has 0 bridgehead atoms. The smallest absolute Gasteiger partial charge is 0.276 e. The second kappa shape index (κ2) is 8.97. The fourth-order valence-corrected chi connectivity index (χ4v) is 1.50. The summed E-state index contributed by atoms with van der Waals surface area (Å²) in [5.74, 6) is 0.206. The van der Waals surface area contributed by atoms with Crippen molar-refractivity contribution in [1.29, 1.82) is 0 Å². The number of nitrogens with one attached hydrogen (secondary N) is 2. The van der Waals surface area contributed by atoms with E-state index in [9.17, 15) is 9.59 Å². The Balaban J connectivity index is 2.28. The zero-order valence-corrected chi connectivity index (χ0v) is 12.6. The third-order valence-corrected chi connectivity index (χ3v) is 2.70. The number of hydrazine groups is 1. The maximum absolute atomic E-state index is 11.5. The predicted molar refractivity (Wildman–Crippen MR) is 78.8 cm³/mol. The average molecular weight is 294 g/mol. The van der Waals surface area contributed by atoms with Crippen molar-refractivity contribution in [2.75, 3.05) is 19.8 Å². The second-order valence-corrected chi connectivity index (χ2v) is 4.75. The molecule has 0 spiro atoms. The van der Waals surface area contributed by atoms with Gasteiger partial charge < -0.3 is 9.47 Å². The molecule has 0 unspecified atom stereocenters. The zero-order valence-electron chi connectivity index (χ0n) is 12.6. The van der Waals surface area contributed by atoms with Crippen LogP contribution in [-0.2, 0) is 14.3 Å². The minimum atomic E-state index is -0.437. The van der Waals surface area contributed by atoms with E-state index in [2.05, 4.69) is 24.7 Å². The van der Waals surface area contributed by atoms with Gasteiger partial charge in [0.2, 0.25) is 0 Å². The van der Waals surface area contributed by atoms with Crippen molar-refractivity contribution in [3.63, 3.8) is 0 Å². The molecule has 1 aromatic carbocycles. The van der Waals surface area contributed by atoms with E-state index in [0.29, 0.717) is 18.3 Å². The lowest BCUT2D eigenvalue weighted by Gasteiger charge is -2.10. The predicted octanol–water partition coefficient (Wildman–Crippen LogP) is 1.37. The molecule has 0 atom stereocenters. The fraction of sp³-hybridized carbons (Fsp3) is 0.467. The molecular weight excluding hydrogens is 272 g/mol. The van der Waals surface area contributed by atoms with Gasteiger partial charge in [-0.3, -0.25) is 20.4 Å². The summed E-state index contributed by atoms with van der Waals surface area (Å²) >= 11 is 0. The molecule has 1 aromatic rings. The lowest BCUT2D eigenvalue weighted by Crippen LogP contribution is -2.45. The van der Waals surface area contributed by atoms with Crippen LogP contribution in [0.5, 0.6) is 5.75 Å². The number of ether oxygens (including phenoxy) is 2. The molecule has 2 N–H and O–H groups in total. The largest absolute Gasteiger partial charge is 0.484 e. The molecule has 0 radical (unpaired) electrons. The minimum Gasteiger partial charge on any atom is -0.484 e. The van der Waals surface area contributed by atoms with Crippen molar-refractivity contribution in [2.45, 2.75) is 26.7 Å². The Labute approximate surface area is 124 Å². The highest BCUT2D eigenvalue weighted by Crippen LogP contribution is 2.18. The molecule has 21 heavy (non-hydrogen) atoms. The van der Waals surface area contributed by atoms with E-state index < -0.39 is 11.8 Å². The van der Waals surface area contributed by atoms with Crippen molar-refractivity contribution in [2.24, 2.45) is 0 Å². The highest BCUT2D eigenvalue weighted by molar-refractivity contribution is 5.83. The minimum absolute atomic E-state index is 0.0890. The molecule has 0 aliphatic carbocycles. The SMILES string of the molecule is CCOCC(=O)NNC(=O)COc1ccc(C(C)C)cc1. The molecular formula is C15H22N2O4. The standard InChI is InChI=1S/C15H22N2O4/c1-4-20-9-14(18)16-17-15(19)10-21-13-7-5-12(6-8-13)11(2)3/h5-8,11H,4,9-10H2,1-3H3,(H,16,18)(H,17,19). The fourth-order valence-electron chi connectivity index (χ4n) is 1.50. The molecule has 0 saturated carbocycles. The summed E-state index contributed by atoms with van der Waals surface area (Å²) in [5, 5.41) is 0. The molecule has 0 aliphatic heterocycles. The van der Waals surface area contributed by atoms with E-state index >= 15 is 0 Å². The first-order valence-corrected chi connectivity index (χ1v) is 6.91. The van der Waals surface area contributed by atoms with Crippen LogP contribution in [0.4, 0.5) is 0 Å². The van der Waals surface area contributed by atoms with Crippen molar-refractivity contribution >= 4 is 11.8 Å². The second-order valence-electron chi connectivity index (χ2n) is 4.75. The van der Waals surface area contributed by atoms with Gasteiger partial charge in [-0.2, -0.15) is 0 Å². The number of benzene rings is 1. The van der Waals surface area contributed by atoms with Crippen LogP contribution < -0.4 is 15.6 Å². The van der Waals surface area contributed by atoms with Gasteiger partial charge in [0.1, 0.15) is 12.4 Å². The number of rotatable bonds is 7. The molecule has 1 rings (SSSR count). The van der Waals surface area contributed by atoms with Crippen LogP contribution >= 0.6 is 0 Å². The summed E-state index contributed by atoms with van der Waals surface area (Å²) in [7, 11) is 0. The Morgan fingerprint density at radius 3 is 2.14 bits per heavy atom. The van der Waals surface area contributed by atoms with Gasteiger partial charge in [-0.15, -0.1) is 0 Å². The Morgan fingerprint density at radius 2 is 1.62 bits per heavy atom. The third-order valence-electron chi connectivity index (χ3n) is 2.70. The van der Waals surface area contributed by atoms with Gasteiger partial charge >= 0.3 is 0 Å². The Morgan fingerprint density at radius 1 is 1.05 bits per heavy atom. The quantitative estimate of drug-likeness (QED) is 0.745. The Bertz CT molecular complexity index is 457. The third kappa shape index (κ3) is 6.76. The van der Waals surface area contributed by atoms with Crippen LogP contribution in [0.2, 0.25) is 0 Å². The number of amides is 2. The number of carbonyl (C=O) groups excluding carboxylic acids is 2. The maximum atomic E-state index is 11.5. The number of hydrogen-bond acceptors (Lipinski definition) is 4. The van der Waals surface area contributed by atoms with E-state index in [0.717, 1.165) is 0 Å². The molecule has 0 fully saturated rings. The first-order chi connectivity index (χ1) is 10.0. The van der Waals surface area contributed by atoms with Gasteiger partial charge in [0.25, 0.3) is 11.8 Å². The van der Waals surface area contributed by atoms with Crippen molar-refractivity contribution < 1.29 is 19.1 Å². The van der Waals surface area contributed by atoms with Crippen LogP contribution in [0.25, 0.3) is 0 Å². The topological polar surface area (TPSA) is 76.7 Å². The molecule has 0 aromatic heterocycles. The van der Waals surface area contributed by atoms with E-state index in [1.165, 1.54) is 5.56 Å². The van der Waals surface area contributed by atoms with Gasteiger partial charge in [0, 0.05) is 6.61 Å². The van der Waals surface area contributed by atoms with Crippen molar-refractivity contribution in [1.82, 2.24) is 10.9 Å². The van der Waals surface area contributed by atoms with Crippen LogP contribution in [0.15, 0.2) is 24.3 Å². The van der Waals surface area contributed by atoms with Crippen LogP contribution in [-0.4, -0.2) is 31.6 Å².